The summed E-state index contributed by atoms with van der Waals surface area (Å²) >= 11 is 1.54. The van der Waals surface area contributed by atoms with Gasteiger partial charge in [0.05, 0.1) is 16.3 Å². The molecule has 2 aromatic rings. The number of benzene rings is 1. The van der Waals surface area contributed by atoms with Crippen LogP contribution in [0.15, 0.2) is 18.2 Å². The Morgan fingerprint density at radius 2 is 2.33 bits per heavy atom. The summed E-state index contributed by atoms with van der Waals surface area (Å²) in [5.74, 6) is 0. The van der Waals surface area contributed by atoms with E-state index in [1.165, 1.54) is 5.56 Å². The number of aromatic nitrogens is 1. The smallest absolute Gasteiger partial charge is 0.181 e. The summed E-state index contributed by atoms with van der Waals surface area (Å²) in [4.78, 5) is 4.26. The Morgan fingerprint density at radius 1 is 1.50 bits per heavy atom. The maximum Gasteiger partial charge on any atom is 0.181 e. The molecule has 96 valence electrons. The van der Waals surface area contributed by atoms with Crippen LogP contribution >= 0.6 is 11.3 Å². The predicted octanol–water partition coefficient (Wildman–Crippen LogP) is 2.15. The predicted molar refractivity (Wildman–Crippen MR) is 74.7 cm³/mol. The number of anilines is 1. The lowest BCUT2D eigenvalue weighted by Crippen LogP contribution is -2.44. The highest BCUT2D eigenvalue weighted by Gasteiger charge is 2.28. The van der Waals surface area contributed by atoms with Crippen molar-refractivity contribution in [3.8, 4) is 0 Å². The van der Waals surface area contributed by atoms with Crippen LogP contribution in [0.3, 0.4) is 0 Å². The van der Waals surface area contributed by atoms with E-state index in [0.29, 0.717) is 17.3 Å². The second-order valence-corrected chi connectivity index (χ2v) is 5.82. The van der Waals surface area contributed by atoms with E-state index in [9.17, 15) is 0 Å². The van der Waals surface area contributed by atoms with Gasteiger partial charge < -0.3 is 15.8 Å². The van der Waals surface area contributed by atoms with Crippen LogP contribution in [0.25, 0.3) is 10.2 Å². The van der Waals surface area contributed by atoms with Gasteiger partial charge in [-0.2, -0.15) is 0 Å². The number of fused-ring (bicyclic) bond motifs is 1. The van der Waals surface area contributed by atoms with E-state index in [0.717, 1.165) is 29.6 Å². The molecule has 5 heteroatoms. The van der Waals surface area contributed by atoms with Crippen molar-refractivity contribution in [2.24, 2.45) is 0 Å². The first-order valence-electron chi connectivity index (χ1n) is 6.15. The fraction of sp³-hybridized carbons (Fsp3) is 0.462. The fourth-order valence-corrected chi connectivity index (χ4v) is 3.08. The van der Waals surface area contributed by atoms with Crippen LogP contribution in [0.2, 0.25) is 0 Å². The van der Waals surface area contributed by atoms with Gasteiger partial charge in [-0.25, -0.2) is 4.98 Å². The third-order valence-electron chi connectivity index (χ3n) is 3.49. The Kier molecular flexibility index (Phi) is 3.20. The SMILES string of the molecule is COC1CC(NCc2ccc3nc(N)sc3c2)C1. The molecule has 0 atom stereocenters. The van der Waals surface area contributed by atoms with Crippen LogP contribution in [-0.2, 0) is 11.3 Å². The number of nitrogens with one attached hydrogen (secondary N) is 1. The third-order valence-corrected chi connectivity index (χ3v) is 4.34. The topological polar surface area (TPSA) is 60.2 Å². The van der Waals surface area contributed by atoms with Crippen LogP contribution in [0.5, 0.6) is 0 Å². The van der Waals surface area contributed by atoms with Gasteiger partial charge >= 0.3 is 0 Å². The average Bonchev–Trinajstić information content (AvgIpc) is 2.66. The molecule has 0 radical (unpaired) electrons. The number of methoxy groups -OCH3 is 1. The fourth-order valence-electron chi connectivity index (χ4n) is 2.28. The molecule has 0 amide bonds. The standard InChI is InChI=1S/C13H17N3OS/c1-17-10-5-9(6-10)15-7-8-2-3-11-12(4-8)18-13(14)16-11/h2-4,9-10,15H,5-7H2,1H3,(H2,14,16). The van der Waals surface area contributed by atoms with Crippen molar-refractivity contribution in [2.45, 2.75) is 31.5 Å². The van der Waals surface area contributed by atoms with Crippen molar-refractivity contribution in [2.75, 3.05) is 12.8 Å². The first-order chi connectivity index (χ1) is 8.74. The molecule has 0 unspecified atom stereocenters. The molecule has 1 aliphatic rings. The van der Waals surface area contributed by atoms with E-state index >= 15 is 0 Å². The Hall–Kier alpha value is -1.17. The zero-order chi connectivity index (χ0) is 12.5. The molecule has 0 spiro atoms. The van der Waals surface area contributed by atoms with E-state index in [1.807, 2.05) is 6.07 Å². The Morgan fingerprint density at radius 3 is 3.11 bits per heavy atom. The number of rotatable bonds is 4. The number of nitrogens with two attached hydrogens (primary N) is 1. The van der Waals surface area contributed by atoms with Gasteiger partial charge in [-0.05, 0) is 30.5 Å². The Bertz CT molecular complexity index is 548. The highest BCUT2D eigenvalue weighted by atomic mass is 32.1. The zero-order valence-electron chi connectivity index (χ0n) is 10.3. The highest BCUT2D eigenvalue weighted by Crippen LogP contribution is 2.26. The van der Waals surface area contributed by atoms with Gasteiger partial charge in [0, 0.05) is 19.7 Å². The van der Waals surface area contributed by atoms with Gasteiger partial charge in [0.2, 0.25) is 0 Å². The molecule has 1 heterocycles. The molecule has 3 rings (SSSR count). The number of ether oxygens (including phenoxy) is 1. The molecular formula is C13H17N3OS. The van der Waals surface area contributed by atoms with Crippen molar-refractivity contribution in [1.29, 1.82) is 0 Å². The van der Waals surface area contributed by atoms with Gasteiger partial charge in [0.25, 0.3) is 0 Å². The van der Waals surface area contributed by atoms with Crippen LogP contribution < -0.4 is 11.1 Å². The summed E-state index contributed by atoms with van der Waals surface area (Å²) in [7, 11) is 1.78. The van der Waals surface area contributed by atoms with Crippen molar-refractivity contribution in [1.82, 2.24) is 10.3 Å². The monoisotopic (exact) mass is 263 g/mol. The molecular weight excluding hydrogens is 246 g/mol. The lowest BCUT2D eigenvalue weighted by atomic mass is 9.89. The molecule has 3 N–H and O–H groups in total. The number of hydrogen-bond donors (Lipinski definition) is 2. The lowest BCUT2D eigenvalue weighted by Gasteiger charge is -2.34. The number of nitrogens with zero attached hydrogens (tertiary/aromatic N) is 1. The largest absolute Gasteiger partial charge is 0.381 e. The molecule has 1 saturated carbocycles. The van der Waals surface area contributed by atoms with E-state index < -0.39 is 0 Å². The molecule has 0 bridgehead atoms. The van der Waals surface area contributed by atoms with Crippen LogP contribution in [0.4, 0.5) is 5.13 Å². The van der Waals surface area contributed by atoms with E-state index in [2.05, 4.69) is 22.4 Å². The first-order valence-corrected chi connectivity index (χ1v) is 6.97. The van der Waals surface area contributed by atoms with Gasteiger partial charge in [0.15, 0.2) is 5.13 Å². The minimum atomic E-state index is 0.450. The quantitative estimate of drug-likeness (QED) is 0.887. The highest BCUT2D eigenvalue weighted by molar-refractivity contribution is 7.22. The summed E-state index contributed by atoms with van der Waals surface area (Å²) in [5, 5.41) is 4.18. The summed E-state index contributed by atoms with van der Waals surface area (Å²) in [6.45, 7) is 0.898. The molecule has 1 aromatic heterocycles. The summed E-state index contributed by atoms with van der Waals surface area (Å²) < 4.78 is 6.43. The average molecular weight is 263 g/mol. The second-order valence-electron chi connectivity index (χ2n) is 4.76. The third kappa shape index (κ3) is 2.34. The van der Waals surface area contributed by atoms with E-state index in [4.69, 9.17) is 10.5 Å². The molecule has 4 nitrogen and oxygen atoms in total. The molecule has 0 saturated heterocycles. The second kappa shape index (κ2) is 4.84. The van der Waals surface area contributed by atoms with Crippen LogP contribution in [-0.4, -0.2) is 24.2 Å². The van der Waals surface area contributed by atoms with E-state index in [1.54, 1.807) is 18.4 Å². The molecule has 1 fully saturated rings. The Labute approximate surface area is 110 Å². The normalized spacial score (nSPS) is 23.2. The van der Waals surface area contributed by atoms with Crippen molar-refractivity contribution >= 4 is 26.7 Å². The first kappa shape index (κ1) is 11.9. The maximum absolute atomic E-state index is 5.70. The van der Waals surface area contributed by atoms with Gasteiger partial charge in [0.1, 0.15) is 0 Å². The molecule has 1 aromatic carbocycles. The minimum Gasteiger partial charge on any atom is -0.381 e. The summed E-state index contributed by atoms with van der Waals surface area (Å²) in [6.07, 6.45) is 2.68. The number of thiazole rings is 1. The van der Waals surface area contributed by atoms with Gasteiger partial charge in [-0.1, -0.05) is 17.4 Å². The number of hydrogen-bond acceptors (Lipinski definition) is 5. The molecule has 0 aliphatic heterocycles. The van der Waals surface area contributed by atoms with Gasteiger partial charge in [-0.15, -0.1) is 0 Å². The minimum absolute atomic E-state index is 0.450. The molecule has 1 aliphatic carbocycles. The number of nitrogen functional groups attached to an aromatic ring is 1. The summed E-state index contributed by atoms with van der Waals surface area (Å²) in [5.41, 5.74) is 7.98. The van der Waals surface area contributed by atoms with Crippen molar-refractivity contribution < 1.29 is 4.74 Å². The summed E-state index contributed by atoms with van der Waals surface area (Å²) in [6, 6.07) is 6.92. The van der Waals surface area contributed by atoms with Crippen LogP contribution in [0, 0.1) is 0 Å². The van der Waals surface area contributed by atoms with E-state index in [-0.39, 0.29) is 0 Å². The van der Waals surface area contributed by atoms with Crippen LogP contribution in [0.1, 0.15) is 18.4 Å². The van der Waals surface area contributed by atoms with Crippen molar-refractivity contribution in [3.05, 3.63) is 23.8 Å². The van der Waals surface area contributed by atoms with Gasteiger partial charge in [-0.3, -0.25) is 0 Å². The van der Waals surface area contributed by atoms with Crippen molar-refractivity contribution in [3.63, 3.8) is 0 Å². The zero-order valence-corrected chi connectivity index (χ0v) is 11.2. The Balaban J connectivity index is 1.61. The lowest BCUT2D eigenvalue weighted by molar-refractivity contribution is 0.0170. The molecule has 18 heavy (non-hydrogen) atoms. The maximum atomic E-state index is 5.70.